The van der Waals surface area contributed by atoms with Gasteiger partial charge in [0, 0.05) is 67.1 Å². The molecule has 426 valence electrons. The average Bonchev–Trinajstić information content (AvgIpc) is 0.679. The van der Waals surface area contributed by atoms with Crippen LogP contribution in [0.3, 0.4) is 0 Å². The van der Waals surface area contributed by atoms with E-state index in [9.17, 15) is 0 Å². The topological polar surface area (TPSA) is 19.4 Å². The first kappa shape index (κ1) is 51.7. The fraction of sp³-hybridized carbons (Fsp3) is 0.111. The molecular formula is C81H63B3N6. The smallest absolute Gasteiger partial charge is 0.389 e. The van der Waals surface area contributed by atoms with E-state index in [0.29, 0.717) is 0 Å². The Hall–Kier alpha value is -10.4. The summed E-state index contributed by atoms with van der Waals surface area (Å²) in [5.41, 5.74) is 32.8. The highest BCUT2D eigenvalue weighted by Crippen LogP contribution is 2.57. The summed E-state index contributed by atoms with van der Waals surface area (Å²) in [6.45, 7) is 13.4. The summed E-state index contributed by atoms with van der Waals surface area (Å²) >= 11 is 0. The number of para-hydroxylation sites is 9. The SMILES string of the molecule is CC1(C)c2ccccc2N(c2ccc3c(c2)B2N(B4c5cc(N6c7ccccc7C(C)(C)c7ccccc76)ccc5-c5ccccc5N4B4c5cc(N6c7ccccc7C(C)(C)c7ccccc76)ccc5-c5ccccc5N24)c2ccccc2-3)c2ccccc21. The average molecular weight is 1150 g/mol. The molecule has 1 fully saturated rings. The van der Waals surface area contributed by atoms with Gasteiger partial charge in [-0.1, -0.05) is 224 Å². The molecule has 1 saturated heterocycles. The third-order valence-electron chi connectivity index (χ3n) is 21.6. The van der Waals surface area contributed by atoms with Gasteiger partial charge in [-0.2, -0.15) is 0 Å². The normalized spacial score (nSPS) is 16.4. The Kier molecular flexibility index (Phi) is 10.5. The lowest BCUT2D eigenvalue weighted by Gasteiger charge is -2.61. The highest BCUT2D eigenvalue weighted by Gasteiger charge is 2.62. The molecule has 7 aliphatic heterocycles. The van der Waals surface area contributed by atoms with Crippen molar-refractivity contribution in [1.29, 1.82) is 0 Å². The number of fused-ring (bicyclic) bond motifs is 27. The van der Waals surface area contributed by atoms with E-state index in [1.54, 1.807) is 0 Å². The first-order valence-corrected chi connectivity index (χ1v) is 32.0. The van der Waals surface area contributed by atoms with Gasteiger partial charge in [-0.15, -0.1) is 0 Å². The Labute approximate surface area is 528 Å². The zero-order chi connectivity index (χ0) is 60.1. The highest BCUT2D eigenvalue weighted by molar-refractivity contribution is 7.16. The Morgan fingerprint density at radius 2 is 0.411 bits per heavy atom. The van der Waals surface area contributed by atoms with Crippen LogP contribution in [-0.2, 0) is 16.2 Å². The third kappa shape index (κ3) is 6.76. The first-order valence-electron chi connectivity index (χ1n) is 32.0. The summed E-state index contributed by atoms with van der Waals surface area (Å²) in [6.07, 6.45) is 0. The van der Waals surface area contributed by atoms with E-state index in [0.717, 1.165) is 17.1 Å². The molecule has 0 bridgehead atoms. The van der Waals surface area contributed by atoms with E-state index in [2.05, 4.69) is 343 Å². The highest BCUT2D eigenvalue weighted by atomic mass is 15.3. The number of hydrogen-bond acceptors (Lipinski definition) is 6. The molecule has 0 spiro atoms. The van der Waals surface area contributed by atoms with Crippen LogP contribution in [0.4, 0.5) is 68.2 Å². The van der Waals surface area contributed by atoms with E-state index < -0.39 is 0 Å². The maximum absolute atomic E-state index is 2.82. The molecule has 9 heteroatoms. The van der Waals surface area contributed by atoms with Crippen molar-refractivity contribution in [1.82, 2.24) is 0 Å². The van der Waals surface area contributed by atoms with Crippen molar-refractivity contribution >= 4 is 106 Å². The molecule has 0 atom stereocenters. The van der Waals surface area contributed by atoms with Crippen molar-refractivity contribution in [2.75, 3.05) is 28.9 Å². The van der Waals surface area contributed by atoms with Crippen molar-refractivity contribution in [3.8, 4) is 33.4 Å². The van der Waals surface area contributed by atoms with Crippen LogP contribution in [0.25, 0.3) is 33.4 Å². The minimum Gasteiger partial charge on any atom is -0.416 e. The lowest BCUT2D eigenvalue weighted by atomic mass is 9.33. The quantitative estimate of drug-likeness (QED) is 0.163. The second-order valence-corrected chi connectivity index (χ2v) is 27.2. The minimum atomic E-state index is -0.304. The monoisotopic (exact) mass is 1150 g/mol. The molecule has 12 aromatic carbocycles. The predicted octanol–water partition coefficient (Wildman–Crippen LogP) is 18.0. The van der Waals surface area contributed by atoms with Crippen LogP contribution in [0, 0.1) is 0 Å². The molecule has 6 nitrogen and oxygen atoms in total. The van der Waals surface area contributed by atoms with Crippen LogP contribution < -0.4 is 45.3 Å². The largest absolute Gasteiger partial charge is 0.416 e. The van der Waals surface area contributed by atoms with Gasteiger partial charge >= 0.3 is 20.9 Å². The maximum Gasteiger partial charge on any atom is 0.389 e. The van der Waals surface area contributed by atoms with Crippen LogP contribution in [0.5, 0.6) is 0 Å². The fourth-order valence-corrected chi connectivity index (χ4v) is 17.6. The van der Waals surface area contributed by atoms with Crippen LogP contribution in [0.2, 0.25) is 0 Å². The summed E-state index contributed by atoms with van der Waals surface area (Å²) in [7, 11) is 0. The number of anilines is 12. The van der Waals surface area contributed by atoms with E-state index in [1.165, 1.54) is 134 Å². The Morgan fingerprint density at radius 1 is 0.211 bits per heavy atom. The van der Waals surface area contributed by atoms with Gasteiger partial charge in [0.25, 0.3) is 0 Å². The molecule has 0 unspecified atom stereocenters. The van der Waals surface area contributed by atoms with Crippen LogP contribution >= 0.6 is 0 Å². The van der Waals surface area contributed by atoms with E-state index in [-0.39, 0.29) is 37.2 Å². The summed E-state index contributed by atoms with van der Waals surface area (Å²) in [5.74, 6) is 0. The summed E-state index contributed by atoms with van der Waals surface area (Å²) < 4.78 is 8.47. The van der Waals surface area contributed by atoms with Gasteiger partial charge in [0.2, 0.25) is 0 Å². The predicted molar refractivity (Wildman–Crippen MR) is 380 cm³/mol. The summed E-state index contributed by atoms with van der Waals surface area (Å²) in [5, 5.41) is 0. The van der Waals surface area contributed by atoms with Crippen LogP contribution in [-0.4, -0.2) is 20.9 Å². The Morgan fingerprint density at radius 3 is 0.644 bits per heavy atom. The lowest BCUT2D eigenvalue weighted by molar-refractivity contribution is 0.632. The maximum atomic E-state index is 2.82. The summed E-state index contributed by atoms with van der Waals surface area (Å²) in [4.78, 5) is 7.63. The minimum absolute atomic E-state index is 0.204. The number of hydrogen-bond donors (Lipinski definition) is 0. The second-order valence-electron chi connectivity index (χ2n) is 27.2. The second kappa shape index (κ2) is 18.4. The van der Waals surface area contributed by atoms with Crippen molar-refractivity contribution in [3.63, 3.8) is 0 Å². The Balaban J connectivity index is 0.906. The molecule has 0 aliphatic carbocycles. The molecule has 0 aromatic heterocycles. The van der Waals surface area contributed by atoms with Crippen molar-refractivity contribution in [2.24, 2.45) is 0 Å². The van der Waals surface area contributed by atoms with Crippen molar-refractivity contribution < 1.29 is 0 Å². The standard InChI is InChI=1S/C81H63B3N6/c1-79(2)61-28-10-19-37-73(61)85(74-38-20-11-29-62(74)79)52-43-46-55-58-25-7-16-34-70(58)88-82(67(55)49-52)89-71-35-17-8-26-59(71)56-47-44-53(86-75-39-21-12-30-63(75)80(3,4)64-31-13-22-40-76(64)86)50-68(56)84(89)90-72-36-18-9-27-60(72)57-48-45-54(51-69(57)83(88)90)87-77-41-23-14-32-65(77)81(5,6)66-33-15-24-42-78(66)87/h7-51H,1-6H3. The number of rotatable bonds is 3. The van der Waals surface area contributed by atoms with Crippen molar-refractivity contribution in [3.05, 3.63) is 306 Å². The van der Waals surface area contributed by atoms with Gasteiger partial charge in [-0.3, -0.25) is 0 Å². The molecule has 19 rings (SSSR count). The van der Waals surface area contributed by atoms with E-state index >= 15 is 0 Å². The summed E-state index contributed by atoms with van der Waals surface area (Å²) in [6, 6.07) is 104. The molecule has 0 saturated carbocycles. The number of benzene rings is 12. The zero-order valence-corrected chi connectivity index (χ0v) is 51.4. The molecule has 0 N–H and O–H groups in total. The van der Waals surface area contributed by atoms with Gasteiger partial charge in [0.15, 0.2) is 0 Å². The molecule has 12 aromatic rings. The molecule has 7 aliphatic rings. The van der Waals surface area contributed by atoms with Gasteiger partial charge in [-0.05, 0) is 157 Å². The Bertz CT molecular complexity index is 4410. The lowest BCUT2D eigenvalue weighted by Crippen LogP contribution is -2.88. The molecule has 90 heavy (non-hydrogen) atoms. The third-order valence-corrected chi connectivity index (χ3v) is 21.6. The van der Waals surface area contributed by atoms with Crippen LogP contribution in [0.1, 0.15) is 74.9 Å². The van der Waals surface area contributed by atoms with Crippen molar-refractivity contribution in [2.45, 2.75) is 57.8 Å². The fourth-order valence-electron chi connectivity index (χ4n) is 17.6. The zero-order valence-electron chi connectivity index (χ0n) is 51.4. The number of nitrogens with zero attached hydrogens (tertiary/aromatic N) is 6. The first-order chi connectivity index (χ1) is 44.0. The molecular weight excluding hydrogens is 1090 g/mol. The molecule has 7 heterocycles. The molecule has 0 amide bonds. The van der Waals surface area contributed by atoms with Gasteiger partial charge in [-0.25, -0.2) is 0 Å². The van der Waals surface area contributed by atoms with Gasteiger partial charge in [0.1, 0.15) is 0 Å². The van der Waals surface area contributed by atoms with Gasteiger partial charge < -0.3 is 28.9 Å². The van der Waals surface area contributed by atoms with Gasteiger partial charge in [0.05, 0.1) is 34.1 Å². The van der Waals surface area contributed by atoms with E-state index in [1.807, 2.05) is 0 Å². The van der Waals surface area contributed by atoms with E-state index in [4.69, 9.17) is 0 Å². The molecule has 0 radical (unpaired) electrons. The van der Waals surface area contributed by atoms with Crippen LogP contribution in [0.15, 0.2) is 273 Å².